The number of hydrogen-bond donors (Lipinski definition) is 2. The van der Waals surface area contributed by atoms with Crippen LogP contribution in [0.1, 0.15) is 5.01 Å². The predicted molar refractivity (Wildman–Crippen MR) is 62.3 cm³/mol. The number of thioether (sulfide) groups is 1. The topological polar surface area (TPSA) is 62.8 Å². The molecule has 1 heterocycles. The van der Waals surface area contributed by atoms with Gasteiger partial charge >= 0.3 is 0 Å². The first-order valence-electron chi connectivity index (χ1n) is 2.58. The Hall–Kier alpha value is 0.180. The highest BCUT2D eigenvalue weighted by atomic mass is 127. The summed E-state index contributed by atoms with van der Waals surface area (Å²) >= 11 is 2.71. The Balaban J connectivity index is 0.000001000. The van der Waals surface area contributed by atoms with Crippen LogP contribution in [0.3, 0.4) is 0 Å². The Bertz CT molecular complexity index is 248. The van der Waals surface area contributed by atoms with Gasteiger partial charge in [0.15, 0.2) is 0 Å². The first-order chi connectivity index (χ1) is 4.74. The largest absolute Gasteiger partial charge is 0.389 e. The second-order valence-electron chi connectivity index (χ2n) is 1.60. The van der Waals surface area contributed by atoms with Gasteiger partial charge in [0, 0.05) is 0 Å². The van der Waals surface area contributed by atoms with E-state index in [4.69, 9.17) is 11.1 Å². The number of hydrogen-bond acceptors (Lipinski definition) is 5. The maximum atomic E-state index is 7.35. The third-order valence-corrected chi connectivity index (χ3v) is 2.50. The van der Waals surface area contributed by atoms with Crippen LogP contribution in [0, 0.1) is 5.41 Å². The highest BCUT2D eigenvalue weighted by Crippen LogP contribution is 2.18. The van der Waals surface area contributed by atoms with Gasteiger partial charge in [-0.05, 0) is 6.26 Å². The van der Waals surface area contributed by atoms with Crippen LogP contribution < -0.4 is 5.73 Å². The summed E-state index contributed by atoms with van der Waals surface area (Å²) in [6.45, 7) is 0. The number of anilines is 1. The number of nitrogens with two attached hydrogens (primary N) is 1. The quantitative estimate of drug-likeness (QED) is 0.474. The van der Waals surface area contributed by atoms with Crippen LogP contribution in [0.15, 0.2) is 6.20 Å². The molecule has 3 nitrogen and oxygen atoms in total. The van der Waals surface area contributed by atoms with Crippen LogP contribution >= 0.6 is 47.1 Å². The molecule has 0 spiro atoms. The smallest absolute Gasteiger partial charge is 0.149 e. The zero-order chi connectivity index (χ0) is 7.56. The molecule has 6 heteroatoms. The highest BCUT2D eigenvalue weighted by Gasteiger charge is 2.02. The fraction of sp³-hybridized carbons (Fsp3) is 0.200. The molecule has 0 amide bonds. The lowest BCUT2D eigenvalue weighted by Crippen LogP contribution is -1.88. The molecule has 0 aliphatic carbocycles. The first kappa shape index (κ1) is 11.2. The summed E-state index contributed by atoms with van der Waals surface area (Å²) in [5, 5.41) is 9.18. The fourth-order valence-electron chi connectivity index (χ4n) is 0.479. The molecule has 1 aromatic heterocycles. The van der Waals surface area contributed by atoms with E-state index in [0.29, 0.717) is 15.1 Å². The molecule has 0 radical (unpaired) electrons. The van der Waals surface area contributed by atoms with E-state index < -0.39 is 0 Å². The second-order valence-corrected chi connectivity index (χ2v) is 3.48. The molecule has 0 atom stereocenters. The van der Waals surface area contributed by atoms with Crippen molar-refractivity contribution in [2.45, 2.75) is 0 Å². The van der Waals surface area contributed by atoms with Gasteiger partial charge in [0.2, 0.25) is 0 Å². The van der Waals surface area contributed by atoms with Crippen LogP contribution in [0.4, 0.5) is 5.00 Å². The van der Waals surface area contributed by atoms with Crippen LogP contribution in [0.2, 0.25) is 0 Å². The van der Waals surface area contributed by atoms with E-state index in [0.717, 1.165) is 0 Å². The van der Waals surface area contributed by atoms with E-state index in [9.17, 15) is 0 Å². The average Bonchev–Trinajstić information content (AvgIpc) is 2.34. The standard InChI is InChI=1S/C5H7N3S2.HI/c1-9-4(7)5-8-2-3(6)10-5;/h2,7H,6H2,1H3;1H. The Morgan fingerprint density at radius 3 is 2.82 bits per heavy atom. The van der Waals surface area contributed by atoms with Crippen LogP contribution in [-0.2, 0) is 0 Å². The van der Waals surface area contributed by atoms with Gasteiger partial charge in [0.25, 0.3) is 0 Å². The Morgan fingerprint density at radius 2 is 2.45 bits per heavy atom. The molecule has 62 valence electrons. The van der Waals surface area contributed by atoms with Crippen molar-refractivity contribution in [1.29, 1.82) is 5.41 Å². The Morgan fingerprint density at radius 1 is 1.82 bits per heavy atom. The third-order valence-electron chi connectivity index (χ3n) is 0.922. The molecule has 0 aliphatic rings. The van der Waals surface area contributed by atoms with E-state index in [2.05, 4.69) is 4.98 Å². The lowest BCUT2D eigenvalue weighted by Gasteiger charge is -1.89. The van der Waals surface area contributed by atoms with Crippen molar-refractivity contribution >= 4 is 57.1 Å². The van der Waals surface area contributed by atoms with Gasteiger partial charge in [-0.3, -0.25) is 5.41 Å². The van der Waals surface area contributed by atoms with Crippen molar-refractivity contribution in [3.05, 3.63) is 11.2 Å². The van der Waals surface area contributed by atoms with Crippen molar-refractivity contribution in [2.24, 2.45) is 0 Å². The molecule has 11 heavy (non-hydrogen) atoms. The lowest BCUT2D eigenvalue weighted by molar-refractivity contribution is 1.38. The zero-order valence-corrected chi connectivity index (χ0v) is 9.79. The van der Waals surface area contributed by atoms with E-state index in [1.807, 2.05) is 6.26 Å². The molecule has 1 aromatic rings. The van der Waals surface area contributed by atoms with Crippen molar-refractivity contribution in [3.8, 4) is 0 Å². The predicted octanol–water partition coefficient (Wildman–Crippen LogP) is 2.03. The number of halogens is 1. The van der Waals surface area contributed by atoms with Crippen molar-refractivity contribution in [3.63, 3.8) is 0 Å². The number of thiazole rings is 1. The molecule has 0 aromatic carbocycles. The molecular weight excluding hydrogens is 293 g/mol. The van der Waals surface area contributed by atoms with Crippen LogP contribution in [0.25, 0.3) is 0 Å². The van der Waals surface area contributed by atoms with Gasteiger partial charge in [-0.1, -0.05) is 11.3 Å². The number of aromatic nitrogens is 1. The van der Waals surface area contributed by atoms with Gasteiger partial charge in [0.1, 0.15) is 15.1 Å². The van der Waals surface area contributed by atoms with Crippen molar-refractivity contribution < 1.29 is 0 Å². The summed E-state index contributed by atoms with van der Waals surface area (Å²) in [6.07, 6.45) is 3.42. The molecule has 0 saturated carbocycles. The van der Waals surface area contributed by atoms with E-state index in [-0.39, 0.29) is 24.0 Å². The Labute approximate surface area is 90.3 Å². The van der Waals surface area contributed by atoms with Gasteiger partial charge < -0.3 is 5.73 Å². The SMILES string of the molecule is CSC(=N)c1ncc(N)s1.I. The molecule has 0 bridgehead atoms. The molecule has 0 saturated heterocycles. The normalized spacial score (nSPS) is 8.82. The summed E-state index contributed by atoms with van der Waals surface area (Å²) in [6, 6.07) is 0. The number of nitrogens with zero attached hydrogens (tertiary/aromatic N) is 1. The molecule has 0 fully saturated rings. The zero-order valence-electron chi connectivity index (χ0n) is 5.83. The van der Waals surface area contributed by atoms with Crippen molar-refractivity contribution in [1.82, 2.24) is 4.98 Å². The third kappa shape index (κ3) is 2.96. The fourth-order valence-corrected chi connectivity index (χ4v) is 1.61. The van der Waals surface area contributed by atoms with E-state index >= 15 is 0 Å². The van der Waals surface area contributed by atoms with Gasteiger partial charge in [-0.2, -0.15) is 0 Å². The molecule has 0 aliphatic heterocycles. The monoisotopic (exact) mass is 301 g/mol. The second kappa shape index (κ2) is 4.94. The first-order valence-corrected chi connectivity index (χ1v) is 4.62. The molecule has 1 rings (SSSR count). The average molecular weight is 301 g/mol. The molecular formula is C5H8IN3S2. The van der Waals surface area contributed by atoms with Gasteiger partial charge in [-0.15, -0.1) is 35.7 Å². The number of rotatable bonds is 1. The minimum absolute atomic E-state index is 0. The van der Waals surface area contributed by atoms with Gasteiger partial charge in [0.05, 0.1) is 6.20 Å². The van der Waals surface area contributed by atoms with E-state index in [1.54, 1.807) is 6.20 Å². The Kier molecular flexibility index (Phi) is 5.02. The maximum Gasteiger partial charge on any atom is 0.149 e. The molecule has 3 N–H and O–H groups in total. The van der Waals surface area contributed by atoms with Gasteiger partial charge in [-0.25, -0.2) is 4.98 Å². The summed E-state index contributed by atoms with van der Waals surface area (Å²) in [5.41, 5.74) is 5.42. The summed E-state index contributed by atoms with van der Waals surface area (Å²) < 4.78 is 0. The molecule has 0 unspecified atom stereocenters. The number of nitrogens with one attached hydrogen (secondary N) is 1. The summed E-state index contributed by atoms with van der Waals surface area (Å²) in [7, 11) is 0. The summed E-state index contributed by atoms with van der Waals surface area (Å²) in [5.74, 6) is 0. The summed E-state index contributed by atoms with van der Waals surface area (Å²) in [4.78, 5) is 3.93. The number of nitrogen functional groups attached to an aromatic ring is 1. The van der Waals surface area contributed by atoms with E-state index in [1.165, 1.54) is 23.1 Å². The van der Waals surface area contributed by atoms with Crippen LogP contribution in [-0.4, -0.2) is 16.3 Å². The van der Waals surface area contributed by atoms with Crippen LogP contribution in [0.5, 0.6) is 0 Å². The van der Waals surface area contributed by atoms with Crippen molar-refractivity contribution in [2.75, 3.05) is 12.0 Å². The highest BCUT2D eigenvalue weighted by molar-refractivity contribution is 14.0. The minimum Gasteiger partial charge on any atom is -0.389 e. The minimum atomic E-state index is 0. The maximum absolute atomic E-state index is 7.35. The lowest BCUT2D eigenvalue weighted by atomic mass is 10.7.